The summed E-state index contributed by atoms with van der Waals surface area (Å²) in [5.74, 6) is 0.764. The van der Waals surface area contributed by atoms with E-state index in [4.69, 9.17) is 17.0 Å². The van der Waals surface area contributed by atoms with Crippen molar-refractivity contribution < 1.29 is 18.3 Å². The summed E-state index contributed by atoms with van der Waals surface area (Å²) in [6.07, 6.45) is 6.24. The molecule has 25 heavy (non-hydrogen) atoms. The normalized spacial score (nSPS) is 20.5. The number of hydrogen-bond donors (Lipinski definition) is 2. The molecule has 0 bridgehead atoms. The lowest BCUT2D eigenvalue weighted by Crippen LogP contribution is -2.44. The molecule has 5 nitrogen and oxygen atoms in total. The molecule has 0 heterocycles. The minimum atomic E-state index is -2.92. The predicted molar refractivity (Wildman–Crippen MR) is 97.5 cm³/mol. The van der Waals surface area contributed by atoms with E-state index >= 15 is 0 Å². The van der Waals surface area contributed by atoms with Crippen molar-refractivity contribution in [2.24, 2.45) is 11.0 Å². The summed E-state index contributed by atoms with van der Waals surface area (Å²) in [4.78, 5) is 0. The van der Waals surface area contributed by atoms with Gasteiger partial charge in [0.2, 0.25) is 0 Å². The average molecular weight is 371 g/mol. The zero-order valence-electron chi connectivity index (χ0n) is 14.3. The summed E-state index contributed by atoms with van der Waals surface area (Å²) < 4.78 is 34.3. The Morgan fingerprint density at radius 3 is 2.76 bits per heavy atom. The van der Waals surface area contributed by atoms with E-state index in [1.807, 2.05) is 0 Å². The summed E-state index contributed by atoms with van der Waals surface area (Å²) in [6.45, 7) is -0.710. The van der Waals surface area contributed by atoms with Gasteiger partial charge >= 0.3 is 6.61 Å². The molecule has 1 fully saturated rings. The minimum absolute atomic E-state index is 0.0434. The molecule has 0 saturated heterocycles. The second kappa shape index (κ2) is 9.50. The van der Waals surface area contributed by atoms with Gasteiger partial charge in [-0.25, -0.2) is 0 Å². The number of alkyl halides is 2. The van der Waals surface area contributed by atoms with Gasteiger partial charge < -0.3 is 14.8 Å². The Labute approximate surface area is 151 Å². The SMILES string of the molecule is COc1ccc(/C=N\NC(=S)N[C@H]2CCCC[C@@H]2C)cc1OC(F)F. The summed E-state index contributed by atoms with van der Waals surface area (Å²) in [5, 5.41) is 7.77. The zero-order chi connectivity index (χ0) is 18.2. The van der Waals surface area contributed by atoms with Crippen LogP contribution in [0, 0.1) is 5.92 Å². The van der Waals surface area contributed by atoms with Crippen LogP contribution >= 0.6 is 12.2 Å². The third-order valence-corrected chi connectivity index (χ3v) is 4.42. The van der Waals surface area contributed by atoms with Gasteiger partial charge in [-0.1, -0.05) is 19.8 Å². The van der Waals surface area contributed by atoms with Crippen LogP contribution in [0.3, 0.4) is 0 Å². The molecule has 0 amide bonds. The molecule has 0 aromatic heterocycles. The summed E-state index contributed by atoms with van der Waals surface area (Å²) in [6, 6.07) is 5.01. The highest BCUT2D eigenvalue weighted by molar-refractivity contribution is 7.80. The van der Waals surface area contributed by atoms with E-state index in [1.54, 1.807) is 12.1 Å². The van der Waals surface area contributed by atoms with Gasteiger partial charge in [0, 0.05) is 6.04 Å². The zero-order valence-corrected chi connectivity index (χ0v) is 15.1. The number of hydrogen-bond acceptors (Lipinski definition) is 4. The maximum atomic E-state index is 12.4. The highest BCUT2D eigenvalue weighted by atomic mass is 32.1. The lowest BCUT2D eigenvalue weighted by Gasteiger charge is -2.30. The Kier molecular flexibility index (Phi) is 7.36. The van der Waals surface area contributed by atoms with Crippen LogP contribution in [0.15, 0.2) is 23.3 Å². The summed E-state index contributed by atoms with van der Waals surface area (Å²) in [7, 11) is 1.39. The van der Waals surface area contributed by atoms with Crippen molar-refractivity contribution in [3.63, 3.8) is 0 Å². The molecule has 0 radical (unpaired) electrons. The van der Waals surface area contributed by atoms with E-state index in [0.717, 1.165) is 6.42 Å². The maximum absolute atomic E-state index is 12.4. The second-order valence-electron chi connectivity index (χ2n) is 6.00. The smallest absolute Gasteiger partial charge is 0.387 e. The Hall–Kier alpha value is -1.96. The highest BCUT2D eigenvalue weighted by Crippen LogP contribution is 2.29. The topological polar surface area (TPSA) is 54.9 Å². The minimum Gasteiger partial charge on any atom is -0.493 e. The fourth-order valence-electron chi connectivity index (χ4n) is 2.86. The molecule has 2 rings (SSSR count). The molecule has 1 aromatic rings. The number of benzene rings is 1. The molecule has 1 aliphatic carbocycles. The highest BCUT2D eigenvalue weighted by Gasteiger charge is 2.21. The van der Waals surface area contributed by atoms with Gasteiger partial charge in [0.15, 0.2) is 16.6 Å². The van der Waals surface area contributed by atoms with E-state index in [1.165, 1.54) is 38.7 Å². The molecule has 0 aliphatic heterocycles. The van der Waals surface area contributed by atoms with Crippen LogP contribution in [-0.2, 0) is 0 Å². The number of rotatable bonds is 6. The number of methoxy groups -OCH3 is 1. The van der Waals surface area contributed by atoms with Crippen molar-refractivity contribution in [2.75, 3.05) is 7.11 Å². The summed E-state index contributed by atoms with van der Waals surface area (Å²) >= 11 is 5.25. The van der Waals surface area contributed by atoms with Crippen LogP contribution in [0.4, 0.5) is 8.78 Å². The first kappa shape index (κ1) is 19.4. The van der Waals surface area contributed by atoms with Crippen LogP contribution in [0.2, 0.25) is 0 Å². The molecule has 0 spiro atoms. The van der Waals surface area contributed by atoms with Gasteiger partial charge in [0.1, 0.15) is 0 Å². The molecule has 1 aliphatic rings. The largest absolute Gasteiger partial charge is 0.493 e. The van der Waals surface area contributed by atoms with Crippen molar-refractivity contribution in [3.05, 3.63) is 23.8 Å². The van der Waals surface area contributed by atoms with Gasteiger partial charge in [0.05, 0.1) is 13.3 Å². The summed E-state index contributed by atoms with van der Waals surface area (Å²) in [5.41, 5.74) is 3.34. The van der Waals surface area contributed by atoms with Crippen LogP contribution in [-0.4, -0.2) is 31.1 Å². The van der Waals surface area contributed by atoms with E-state index in [0.29, 0.717) is 22.6 Å². The fourth-order valence-corrected chi connectivity index (χ4v) is 3.06. The maximum Gasteiger partial charge on any atom is 0.387 e. The van der Waals surface area contributed by atoms with E-state index in [2.05, 4.69) is 27.5 Å². The van der Waals surface area contributed by atoms with Crippen LogP contribution in [0.1, 0.15) is 38.2 Å². The molecule has 1 saturated carbocycles. The van der Waals surface area contributed by atoms with Gasteiger partial charge in [-0.3, -0.25) is 5.43 Å². The quantitative estimate of drug-likeness (QED) is 0.454. The Morgan fingerprint density at radius 1 is 1.32 bits per heavy atom. The van der Waals surface area contributed by atoms with Crippen LogP contribution in [0.25, 0.3) is 0 Å². The first-order valence-corrected chi connectivity index (χ1v) is 8.63. The Balaban J connectivity index is 1.91. The van der Waals surface area contributed by atoms with E-state index in [-0.39, 0.29) is 11.5 Å². The number of nitrogens with zero attached hydrogens (tertiary/aromatic N) is 1. The Morgan fingerprint density at radius 2 is 2.08 bits per heavy atom. The van der Waals surface area contributed by atoms with Crippen molar-refractivity contribution >= 4 is 23.5 Å². The molecule has 0 unspecified atom stereocenters. The fraction of sp³-hybridized carbons (Fsp3) is 0.529. The van der Waals surface area contributed by atoms with Crippen LogP contribution in [0.5, 0.6) is 11.5 Å². The van der Waals surface area contributed by atoms with E-state index < -0.39 is 6.61 Å². The van der Waals surface area contributed by atoms with Gasteiger partial charge in [-0.05, 0) is 54.7 Å². The van der Waals surface area contributed by atoms with Crippen LogP contribution < -0.4 is 20.2 Å². The monoisotopic (exact) mass is 371 g/mol. The third-order valence-electron chi connectivity index (χ3n) is 4.21. The molecular weight excluding hydrogens is 348 g/mol. The molecule has 1 aromatic carbocycles. The van der Waals surface area contributed by atoms with Gasteiger partial charge in [-0.15, -0.1) is 0 Å². The first-order valence-electron chi connectivity index (χ1n) is 8.22. The average Bonchev–Trinajstić information content (AvgIpc) is 2.57. The van der Waals surface area contributed by atoms with Gasteiger partial charge in [-0.2, -0.15) is 13.9 Å². The van der Waals surface area contributed by atoms with Crippen molar-refractivity contribution in [2.45, 2.75) is 45.3 Å². The number of hydrazone groups is 1. The standard InChI is InChI=1S/C17H23F2N3O2S/c1-11-5-3-4-6-13(11)21-17(25)22-20-10-12-7-8-14(23-2)15(9-12)24-16(18)19/h7-11,13,16H,3-6H2,1-2H3,(H2,21,22,25)/b20-10-/t11-,13-/m0/s1. The third kappa shape index (κ3) is 6.12. The predicted octanol–water partition coefficient (Wildman–Crippen LogP) is 3.67. The number of halogens is 2. The number of thiocarbonyl (C=S) groups is 1. The van der Waals surface area contributed by atoms with Crippen molar-refractivity contribution in [1.82, 2.24) is 10.7 Å². The Bertz CT molecular complexity index is 614. The van der Waals surface area contributed by atoms with E-state index in [9.17, 15) is 8.78 Å². The molecular formula is C17H23F2N3O2S. The lowest BCUT2D eigenvalue weighted by molar-refractivity contribution is -0.0512. The van der Waals surface area contributed by atoms with Crippen molar-refractivity contribution in [3.8, 4) is 11.5 Å². The lowest BCUT2D eigenvalue weighted by atomic mass is 9.86. The molecule has 138 valence electrons. The number of nitrogens with one attached hydrogen (secondary N) is 2. The van der Waals surface area contributed by atoms with Crippen molar-refractivity contribution in [1.29, 1.82) is 0 Å². The molecule has 2 atom stereocenters. The molecule has 2 N–H and O–H groups in total. The number of ether oxygens (including phenoxy) is 2. The second-order valence-corrected chi connectivity index (χ2v) is 6.41. The first-order chi connectivity index (χ1) is 12.0. The van der Waals surface area contributed by atoms with Gasteiger partial charge in [0.25, 0.3) is 0 Å². The molecule has 8 heteroatoms.